The Hall–Kier alpha value is -10.5. The molecule has 5 N–H and O–H groups in total. The number of benzene rings is 3. The first-order valence-corrected chi connectivity index (χ1v) is 33.4. The standard InChI is InChI=1S/C25H29N7O.C24H27FN8.C24H27N7O/c1-31-16-20(13-28-31)18-6-5-7-19(12-18)23-27-15-22(21-14-29-32(2)17-21)24(30-23)26-11-10-25(33)8-3-4-9-25;1-32-14-19(10-29-32)16-4-3-5-17(8-16)23-28-12-21(20-11-30-33(2)15-20)24(31-23)27-9-18-6-7-26-13-22(18)25;1-29-14-20(11-26-29)17-4-3-5-18(10-17)24-25-13-22(21-12-27-30(2)15-21)23(28-24)19-6-7-31(16-19)8-9-32/h5-7,12-17,33H,3-4,8-11H2,1-2H3,(H,26,27,30);3-5,8,10-12,14-15,18,22,26H,6-7,9,13H2,1-2H3,(H,27,28,31);3-5,10-15,19,32H,6-9,16H2,1-2H3. The summed E-state index contributed by atoms with van der Waals surface area (Å²) in [4.78, 5) is 31.2. The highest BCUT2D eigenvalue weighted by molar-refractivity contribution is 5.79. The maximum atomic E-state index is 14.4. The lowest BCUT2D eigenvalue weighted by Gasteiger charge is -2.27. The highest BCUT2D eigenvalue weighted by Crippen LogP contribution is 2.38. The minimum Gasteiger partial charge on any atom is -0.395 e. The van der Waals surface area contributed by atoms with Crippen LogP contribution in [0.15, 0.2) is 166 Å². The Morgan fingerprint density at radius 3 is 1.37 bits per heavy atom. The number of nitrogens with zero attached hydrogens (tertiary/aromatic N) is 19. The summed E-state index contributed by atoms with van der Waals surface area (Å²) in [6.07, 6.45) is 34.1. The number of aromatic nitrogens is 18. The summed E-state index contributed by atoms with van der Waals surface area (Å²) in [6, 6.07) is 24.5. The van der Waals surface area contributed by atoms with E-state index in [2.05, 4.69) is 97.8 Å². The van der Waals surface area contributed by atoms with Crippen molar-refractivity contribution in [2.24, 2.45) is 48.2 Å². The largest absolute Gasteiger partial charge is 0.395 e. The van der Waals surface area contributed by atoms with Gasteiger partial charge in [0, 0.05) is 209 Å². The average Bonchev–Trinajstić information content (AvgIpc) is 1.43. The molecule has 0 radical (unpaired) electrons. The van der Waals surface area contributed by atoms with Gasteiger partial charge in [0.1, 0.15) is 17.8 Å². The third kappa shape index (κ3) is 15.8. The maximum Gasteiger partial charge on any atom is 0.161 e. The van der Waals surface area contributed by atoms with E-state index in [1.165, 1.54) is 0 Å². The van der Waals surface area contributed by atoms with E-state index in [4.69, 9.17) is 19.9 Å². The fourth-order valence-corrected chi connectivity index (χ4v) is 13.1. The number of aliphatic hydroxyl groups is 2. The third-order valence-electron chi connectivity index (χ3n) is 18.5. The zero-order valence-electron chi connectivity index (χ0n) is 56.2. The molecule has 2 aliphatic heterocycles. The predicted octanol–water partition coefficient (Wildman–Crippen LogP) is 10.1. The van der Waals surface area contributed by atoms with Crippen molar-refractivity contribution in [2.45, 2.75) is 62.6 Å². The molecule has 15 rings (SSSR count). The molecule has 504 valence electrons. The molecule has 12 aromatic rings. The molecule has 9 aromatic heterocycles. The predicted molar refractivity (Wildman–Crippen MR) is 377 cm³/mol. The number of aliphatic hydroxyl groups excluding tert-OH is 1. The molecule has 11 heterocycles. The van der Waals surface area contributed by atoms with E-state index in [0.29, 0.717) is 56.0 Å². The van der Waals surface area contributed by atoms with Crippen molar-refractivity contribution >= 4 is 11.6 Å². The van der Waals surface area contributed by atoms with Crippen LogP contribution < -0.4 is 16.0 Å². The van der Waals surface area contributed by atoms with Gasteiger partial charge in [0.05, 0.1) is 55.1 Å². The van der Waals surface area contributed by atoms with Crippen LogP contribution in [0.3, 0.4) is 0 Å². The summed E-state index contributed by atoms with van der Waals surface area (Å²) in [5.41, 5.74) is 15.3. The van der Waals surface area contributed by atoms with Crippen LogP contribution in [0.25, 0.3) is 101 Å². The lowest BCUT2D eigenvalue weighted by molar-refractivity contribution is 0.0424. The first-order chi connectivity index (χ1) is 47.7. The van der Waals surface area contributed by atoms with Gasteiger partial charge in [-0.2, -0.15) is 30.6 Å². The number of aryl methyl sites for hydroxylation is 6. The van der Waals surface area contributed by atoms with Crippen LogP contribution in [0.1, 0.15) is 56.6 Å². The topological polar surface area (TPSA) is 264 Å². The third-order valence-corrected chi connectivity index (χ3v) is 18.5. The molecule has 3 atom stereocenters. The van der Waals surface area contributed by atoms with E-state index in [-0.39, 0.29) is 12.5 Å². The van der Waals surface area contributed by atoms with Crippen molar-refractivity contribution < 1.29 is 14.6 Å². The Morgan fingerprint density at radius 2 is 0.929 bits per heavy atom. The number of hydrogen-bond donors (Lipinski definition) is 5. The van der Waals surface area contributed by atoms with Crippen molar-refractivity contribution in [1.29, 1.82) is 0 Å². The highest BCUT2D eigenvalue weighted by atomic mass is 19.1. The number of hydrogen-bond acceptors (Lipinski definition) is 18. The molecule has 0 amide bonds. The number of piperidine rings is 1. The zero-order valence-corrected chi connectivity index (χ0v) is 56.2. The van der Waals surface area contributed by atoms with Crippen LogP contribution in [-0.2, 0) is 42.3 Å². The molecular weight excluding hydrogens is 1240 g/mol. The number of likely N-dealkylation sites (tertiary alicyclic amines) is 1. The van der Waals surface area contributed by atoms with E-state index < -0.39 is 11.8 Å². The molecular formula is C73H83FN22O2. The molecule has 24 nitrogen and oxygen atoms in total. The first-order valence-electron chi connectivity index (χ1n) is 33.4. The maximum absolute atomic E-state index is 14.4. The van der Waals surface area contributed by atoms with Crippen molar-refractivity contribution in [3.63, 3.8) is 0 Å². The zero-order chi connectivity index (χ0) is 67.7. The van der Waals surface area contributed by atoms with Gasteiger partial charge in [-0.15, -0.1) is 0 Å². The summed E-state index contributed by atoms with van der Waals surface area (Å²) in [5, 5.41) is 55.8. The first kappa shape index (κ1) is 66.2. The molecule has 3 unspecified atom stereocenters. The highest BCUT2D eigenvalue weighted by Gasteiger charge is 2.32. The summed E-state index contributed by atoms with van der Waals surface area (Å²) in [5.74, 6) is 3.65. The van der Waals surface area contributed by atoms with Crippen molar-refractivity contribution in [2.75, 3.05) is 63.1 Å². The van der Waals surface area contributed by atoms with Crippen LogP contribution >= 0.6 is 0 Å². The average molecular weight is 1320 g/mol. The van der Waals surface area contributed by atoms with Gasteiger partial charge in [0.2, 0.25) is 0 Å². The minimum atomic E-state index is -0.870. The van der Waals surface area contributed by atoms with Gasteiger partial charge in [-0.25, -0.2) is 34.3 Å². The van der Waals surface area contributed by atoms with Crippen molar-refractivity contribution in [3.8, 4) is 101 Å². The number of rotatable bonds is 19. The molecule has 1 saturated carbocycles. The summed E-state index contributed by atoms with van der Waals surface area (Å²) in [6.45, 7) is 5.13. The molecule has 3 aliphatic rings. The van der Waals surface area contributed by atoms with Gasteiger partial charge in [-0.1, -0.05) is 67.4 Å². The summed E-state index contributed by atoms with van der Waals surface area (Å²) < 4.78 is 25.1. The Kier molecular flexibility index (Phi) is 20.2. The van der Waals surface area contributed by atoms with Crippen LogP contribution in [0, 0.1) is 5.92 Å². The fraction of sp³-hybridized carbons (Fsp3) is 0.342. The second-order valence-corrected chi connectivity index (χ2v) is 25.8. The molecule has 98 heavy (non-hydrogen) atoms. The van der Waals surface area contributed by atoms with Crippen molar-refractivity contribution in [3.05, 3.63) is 171 Å². The normalized spacial score (nSPS) is 16.7. The SMILES string of the molecule is Cn1cc(-c2cccc(-c3ncc(-c4cnn(C)c4)c(C4CCN(CCO)C4)n3)c2)cn1.Cn1cc(-c2cccc(-c3ncc(-c4cnn(C)c4)c(NCC4CCNCC4F)n3)c2)cn1.Cn1cc(-c2cccc(-c3ncc(-c4cnn(C)c4)c(NCCC4(O)CCCC4)n3)c2)cn1. The van der Waals surface area contributed by atoms with E-state index in [9.17, 15) is 14.6 Å². The van der Waals surface area contributed by atoms with E-state index in [0.717, 1.165) is 159 Å². The Morgan fingerprint density at radius 1 is 0.510 bits per heavy atom. The Balaban J connectivity index is 0.000000132. The van der Waals surface area contributed by atoms with Crippen LogP contribution in [-0.4, -0.2) is 168 Å². The number of alkyl halides is 1. The van der Waals surface area contributed by atoms with E-state index >= 15 is 0 Å². The lowest BCUT2D eigenvalue weighted by Crippen LogP contribution is -2.40. The lowest BCUT2D eigenvalue weighted by atomic mass is 9.96. The van der Waals surface area contributed by atoms with Crippen LogP contribution in [0.2, 0.25) is 0 Å². The number of halogens is 1. The monoisotopic (exact) mass is 1320 g/mol. The molecule has 1 aliphatic carbocycles. The van der Waals surface area contributed by atoms with Gasteiger partial charge in [0.15, 0.2) is 17.5 Å². The van der Waals surface area contributed by atoms with Gasteiger partial charge in [-0.05, 0) is 80.1 Å². The number of anilines is 2. The molecule has 3 aromatic carbocycles. The summed E-state index contributed by atoms with van der Waals surface area (Å²) in [7, 11) is 11.4. The number of nitrogens with one attached hydrogen (secondary N) is 3. The molecule has 3 fully saturated rings. The summed E-state index contributed by atoms with van der Waals surface area (Å²) >= 11 is 0. The minimum absolute atomic E-state index is 0.0553. The van der Waals surface area contributed by atoms with Crippen molar-refractivity contribution in [1.82, 2.24) is 98.8 Å². The van der Waals surface area contributed by atoms with Gasteiger partial charge in [-0.3, -0.25) is 28.1 Å². The fourth-order valence-electron chi connectivity index (χ4n) is 13.1. The van der Waals surface area contributed by atoms with Crippen LogP contribution in [0.5, 0.6) is 0 Å². The smallest absolute Gasteiger partial charge is 0.161 e. The Bertz CT molecular complexity index is 4650. The van der Waals surface area contributed by atoms with E-state index in [1.54, 1.807) is 34.3 Å². The molecule has 0 spiro atoms. The number of β-amino-alcohol motifs (C(OH)–C–C–N with tert-alkyl or cyclic N) is 1. The Labute approximate surface area is 568 Å². The van der Waals surface area contributed by atoms with Gasteiger partial charge >= 0.3 is 0 Å². The van der Waals surface area contributed by atoms with Gasteiger partial charge in [0.25, 0.3) is 0 Å². The van der Waals surface area contributed by atoms with E-state index in [1.807, 2.05) is 165 Å². The molecule has 2 saturated heterocycles. The molecule has 25 heteroatoms. The quantitative estimate of drug-likeness (QED) is 0.0504. The van der Waals surface area contributed by atoms with Gasteiger partial charge < -0.3 is 31.1 Å². The van der Waals surface area contributed by atoms with Crippen LogP contribution in [0.4, 0.5) is 16.0 Å². The second-order valence-electron chi connectivity index (χ2n) is 25.8. The molecule has 0 bridgehead atoms. The second kappa shape index (κ2) is 29.9.